The van der Waals surface area contributed by atoms with Gasteiger partial charge in [-0.15, -0.1) is 0 Å². The molecular weight excluding hydrogens is 347 g/mol. The summed E-state index contributed by atoms with van der Waals surface area (Å²) in [5, 5.41) is 3.13. The summed E-state index contributed by atoms with van der Waals surface area (Å²) in [5.74, 6) is 1.45. The third-order valence-electron chi connectivity index (χ3n) is 5.61. The molecule has 144 valence electrons. The number of benzene rings is 1. The first-order chi connectivity index (χ1) is 13.1. The molecule has 0 radical (unpaired) electrons. The monoisotopic (exact) mass is 372 g/mol. The van der Waals surface area contributed by atoms with Crippen molar-refractivity contribution in [3.05, 3.63) is 59.3 Å². The number of hydrogen-bond acceptors (Lipinski definition) is 4. The number of hydrogen-bond donors (Lipinski definition) is 1. The predicted octanol–water partition coefficient (Wildman–Crippen LogP) is 2.95. The fraction of sp³-hybridized carbons (Fsp3) is 0.476. The van der Waals surface area contributed by atoms with Crippen molar-refractivity contribution in [2.24, 2.45) is 0 Å². The van der Waals surface area contributed by atoms with Crippen molar-refractivity contribution >= 4 is 5.91 Å². The van der Waals surface area contributed by atoms with Gasteiger partial charge in [-0.25, -0.2) is 4.39 Å². The maximum Gasteiger partial charge on any atom is 0.230 e. The Bertz CT molecular complexity index is 792. The van der Waals surface area contributed by atoms with Crippen molar-refractivity contribution in [3.63, 3.8) is 0 Å². The van der Waals surface area contributed by atoms with Gasteiger partial charge in [0.15, 0.2) is 0 Å². The Hall–Kier alpha value is -2.18. The largest absolute Gasteiger partial charge is 0.465 e. The zero-order valence-corrected chi connectivity index (χ0v) is 15.5. The number of amides is 1. The van der Waals surface area contributed by atoms with Crippen LogP contribution in [0.2, 0.25) is 0 Å². The Morgan fingerprint density at radius 3 is 2.48 bits per heavy atom. The van der Waals surface area contributed by atoms with Crippen molar-refractivity contribution in [2.75, 3.05) is 32.8 Å². The number of carbonyl (C=O) groups is 1. The zero-order valence-electron chi connectivity index (χ0n) is 15.5. The summed E-state index contributed by atoms with van der Waals surface area (Å²) in [6, 6.07) is 10.2. The number of ether oxygens (including phenoxy) is 1. The first-order valence-electron chi connectivity index (χ1n) is 9.51. The van der Waals surface area contributed by atoms with Crippen LogP contribution in [0.4, 0.5) is 4.39 Å². The number of nitrogens with one attached hydrogen (secondary N) is 1. The van der Waals surface area contributed by atoms with Crippen LogP contribution in [0.1, 0.15) is 36.0 Å². The summed E-state index contributed by atoms with van der Waals surface area (Å²) >= 11 is 0. The number of halogens is 1. The maximum atomic E-state index is 13.2. The quantitative estimate of drug-likeness (QED) is 0.847. The average Bonchev–Trinajstić information content (AvgIpc) is 3.39. The summed E-state index contributed by atoms with van der Waals surface area (Å²) in [5.41, 5.74) is 0.376. The number of furan rings is 1. The van der Waals surface area contributed by atoms with Gasteiger partial charge in [0, 0.05) is 19.6 Å². The molecular formula is C21H25FN2O3. The van der Waals surface area contributed by atoms with Gasteiger partial charge >= 0.3 is 0 Å². The molecule has 0 spiro atoms. The van der Waals surface area contributed by atoms with Crippen LogP contribution in [0, 0.1) is 12.7 Å². The van der Waals surface area contributed by atoms with Gasteiger partial charge in [0.2, 0.25) is 5.91 Å². The van der Waals surface area contributed by atoms with Crippen molar-refractivity contribution in [3.8, 4) is 0 Å². The zero-order chi connectivity index (χ0) is 18.9. The fourth-order valence-corrected chi connectivity index (χ4v) is 3.83. The molecule has 1 aromatic heterocycles. The highest BCUT2D eigenvalue weighted by molar-refractivity contribution is 5.91. The van der Waals surface area contributed by atoms with Crippen LogP contribution >= 0.6 is 0 Å². The first-order valence-corrected chi connectivity index (χ1v) is 9.51. The minimum absolute atomic E-state index is 0.00986. The molecule has 6 heteroatoms. The lowest BCUT2D eigenvalue weighted by atomic mass is 9.95. The lowest BCUT2D eigenvalue weighted by Gasteiger charge is -2.33. The van der Waals surface area contributed by atoms with Crippen LogP contribution in [-0.2, 0) is 14.9 Å². The Morgan fingerprint density at radius 2 is 1.89 bits per heavy atom. The van der Waals surface area contributed by atoms with Crippen LogP contribution in [-0.4, -0.2) is 43.7 Å². The van der Waals surface area contributed by atoms with Crippen molar-refractivity contribution < 1.29 is 18.3 Å². The lowest BCUT2D eigenvalue weighted by Crippen LogP contribution is -2.45. The van der Waals surface area contributed by atoms with E-state index in [0.29, 0.717) is 19.8 Å². The van der Waals surface area contributed by atoms with E-state index >= 15 is 0 Å². The highest BCUT2D eigenvalue weighted by atomic mass is 19.1. The number of aryl methyl sites for hydroxylation is 1. The average molecular weight is 372 g/mol. The molecule has 0 unspecified atom stereocenters. The molecule has 5 nitrogen and oxygen atoms in total. The molecule has 4 rings (SSSR count). The molecule has 1 saturated heterocycles. The second kappa shape index (κ2) is 7.44. The Morgan fingerprint density at radius 1 is 1.19 bits per heavy atom. The van der Waals surface area contributed by atoms with Crippen LogP contribution in [0.25, 0.3) is 0 Å². The normalized spacial score (nSPS) is 20.2. The smallest absolute Gasteiger partial charge is 0.230 e. The molecule has 27 heavy (non-hydrogen) atoms. The van der Waals surface area contributed by atoms with Crippen LogP contribution in [0.5, 0.6) is 0 Å². The Kier molecular flexibility index (Phi) is 5.02. The van der Waals surface area contributed by atoms with Gasteiger partial charge in [-0.3, -0.25) is 9.69 Å². The SMILES string of the molecule is Cc1ccc([C@H](CNC(=O)C2(c3ccc(F)cc3)CC2)N2CCOCC2)o1. The van der Waals surface area contributed by atoms with E-state index in [1.807, 2.05) is 19.1 Å². The molecule has 2 aliphatic rings. The highest BCUT2D eigenvalue weighted by Gasteiger charge is 2.51. The number of carbonyl (C=O) groups excluding carboxylic acids is 1. The van der Waals surface area contributed by atoms with Gasteiger partial charge in [0.05, 0.1) is 24.7 Å². The van der Waals surface area contributed by atoms with Gasteiger partial charge < -0.3 is 14.5 Å². The number of nitrogens with zero attached hydrogens (tertiary/aromatic N) is 1. The van der Waals surface area contributed by atoms with Gasteiger partial charge in [0.1, 0.15) is 17.3 Å². The first kappa shape index (κ1) is 18.2. The van der Waals surface area contributed by atoms with E-state index in [1.54, 1.807) is 12.1 Å². The summed E-state index contributed by atoms with van der Waals surface area (Å²) in [7, 11) is 0. The summed E-state index contributed by atoms with van der Waals surface area (Å²) in [4.78, 5) is 15.2. The molecule has 1 atom stereocenters. The molecule has 1 amide bonds. The minimum atomic E-state index is -0.512. The third-order valence-corrected chi connectivity index (χ3v) is 5.61. The van der Waals surface area contributed by atoms with Crippen molar-refractivity contribution in [1.82, 2.24) is 10.2 Å². The van der Waals surface area contributed by atoms with Gasteiger partial charge in [-0.1, -0.05) is 12.1 Å². The van der Waals surface area contributed by atoms with E-state index in [1.165, 1.54) is 12.1 Å². The summed E-state index contributed by atoms with van der Waals surface area (Å²) in [6.07, 6.45) is 1.60. The van der Waals surface area contributed by atoms with E-state index in [9.17, 15) is 9.18 Å². The molecule has 2 aromatic rings. The summed E-state index contributed by atoms with van der Waals surface area (Å²) in [6.45, 7) is 5.39. The minimum Gasteiger partial charge on any atom is -0.465 e. The van der Waals surface area contributed by atoms with Gasteiger partial charge in [-0.05, 0) is 49.6 Å². The lowest BCUT2D eigenvalue weighted by molar-refractivity contribution is -0.124. The summed E-state index contributed by atoms with van der Waals surface area (Å²) < 4.78 is 24.5. The van der Waals surface area contributed by atoms with E-state index in [4.69, 9.17) is 9.15 Å². The van der Waals surface area contributed by atoms with Crippen LogP contribution < -0.4 is 5.32 Å². The maximum absolute atomic E-state index is 13.2. The molecule has 1 aliphatic heterocycles. The second-order valence-corrected chi connectivity index (χ2v) is 7.41. The van der Waals surface area contributed by atoms with E-state index < -0.39 is 5.41 Å². The highest BCUT2D eigenvalue weighted by Crippen LogP contribution is 2.48. The van der Waals surface area contributed by atoms with Crippen LogP contribution in [0.15, 0.2) is 40.8 Å². The number of rotatable bonds is 6. The van der Waals surface area contributed by atoms with E-state index in [0.717, 1.165) is 43.0 Å². The molecule has 2 fully saturated rings. The number of morpholine rings is 1. The van der Waals surface area contributed by atoms with Crippen molar-refractivity contribution in [2.45, 2.75) is 31.2 Å². The molecule has 1 aliphatic carbocycles. The molecule has 0 bridgehead atoms. The van der Waals surface area contributed by atoms with Crippen molar-refractivity contribution in [1.29, 1.82) is 0 Å². The van der Waals surface area contributed by atoms with Gasteiger partial charge in [0.25, 0.3) is 0 Å². The van der Waals surface area contributed by atoms with E-state index in [-0.39, 0.29) is 17.8 Å². The molecule has 1 saturated carbocycles. The topological polar surface area (TPSA) is 54.7 Å². The Labute approximate surface area is 158 Å². The van der Waals surface area contributed by atoms with Crippen LogP contribution in [0.3, 0.4) is 0 Å². The third kappa shape index (κ3) is 3.77. The fourth-order valence-electron chi connectivity index (χ4n) is 3.83. The van der Waals surface area contributed by atoms with E-state index in [2.05, 4.69) is 10.2 Å². The second-order valence-electron chi connectivity index (χ2n) is 7.41. The standard InChI is InChI=1S/C21H25FN2O3/c1-15-2-7-19(27-15)18(24-10-12-26-13-11-24)14-23-20(25)21(8-9-21)16-3-5-17(22)6-4-16/h2-7,18H,8-14H2,1H3,(H,23,25)/t18-/m0/s1. The molecule has 2 heterocycles. The molecule has 1 aromatic carbocycles. The Balaban J connectivity index is 1.47. The molecule has 1 N–H and O–H groups in total. The predicted molar refractivity (Wildman–Crippen MR) is 98.9 cm³/mol. The van der Waals surface area contributed by atoms with Gasteiger partial charge in [-0.2, -0.15) is 0 Å².